The number of hydrogen-bond donors (Lipinski definition) is 2. The minimum Gasteiger partial charge on any atom is -0.502 e. The van der Waals surface area contributed by atoms with Crippen molar-refractivity contribution >= 4 is 29.3 Å². The number of aryl methyl sites for hydroxylation is 1. The molecule has 0 aliphatic rings. The van der Waals surface area contributed by atoms with E-state index in [1.54, 1.807) is 13.0 Å². The number of pyridine rings is 1. The largest absolute Gasteiger partial charge is 0.502 e. The van der Waals surface area contributed by atoms with Crippen molar-refractivity contribution in [2.75, 3.05) is 5.73 Å². The van der Waals surface area contributed by atoms with Crippen molar-refractivity contribution in [2.45, 2.75) is 6.92 Å². The third-order valence-electron chi connectivity index (χ3n) is 2.77. The Morgan fingerprint density at radius 1 is 1.41 bits per heavy atom. The SMILES string of the molecule is Cc1cc(N)n(/N=C/c2cc(Cl)cc([N+](=O)[O-])c2O)c(=O)c1. The van der Waals surface area contributed by atoms with E-state index < -0.39 is 21.9 Å². The van der Waals surface area contributed by atoms with Gasteiger partial charge in [0.25, 0.3) is 5.56 Å². The predicted molar refractivity (Wildman–Crippen MR) is 82.6 cm³/mol. The van der Waals surface area contributed by atoms with Gasteiger partial charge in [-0.2, -0.15) is 9.78 Å². The van der Waals surface area contributed by atoms with Gasteiger partial charge in [-0.15, -0.1) is 0 Å². The number of anilines is 1. The number of nitrogen functional groups attached to an aromatic ring is 1. The van der Waals surface area contributed by atoms with Gasteiger partial charge in [-0.3, -0.25) is 14.9 Å². The molecule has 0 amide bonds. The van der Waals surface area contributed by atoms with Crippen LogP contribution in [0.4, 0.5) is 11.5 Å². The minimum atomic E-state index is -0.773. The number of nitro benzene ring substituents is 1. The molecule has 0 saturated carbocycles. The lowest BCUT2D eigenvalue weighted by atomic mass is 10.2. The first-order valence-electron chi connectivity index (χ1n) is 6.00. The summed E-state index contributed by atoms with van der Waals surface area (Å²) in [7, 11) is 0. The van der Waals surface area contributed by atoms with Crippen LogP contribution in [0.1, 0.15) is 11.1 Å². The van der Waals surface area contributed by atoms with Gasteiger partial charge in [0.1, 0.15) is 5.82 Å². The Bertz CT molecular complexity index is 845. The number of nitro groups is 1. The highest BCUT2D eigenvalue weighted by Crippen LogP contribution is 2.32. The lowest BCUT2D eigenvalue weighted by Gasteiger charge is -2.05. The minimum absolute atomic E-state index is 0.00826. The van der Waals surface area contributed by atoms with Crippen molar-refractivity contribution in [2.24, 2.45) is 5.10 Å². The van der Waals surface area contributed by atoms with Crippen LogP contribution in [0, 0.1) is 17.0 Å². The molecule has 8 nitrogen and oxygen atoms in total. The molecule has 1 heterocycles. The van der Waals surface area contributed by atoms with Crippen molar-refractivity contribution in [1.29, 1.82) is 0 Å². The number of aromatic nitrogens is 1. The summed E-state index contributed by atoms with van der Waals surface area (Å²) in [6.45, 7) is 1.71. The summed E-state index contributed by atoms with van der Waals surface area (Å²) >= 11 is 5.76. The van der Waals surface area contributed by atoms with E-state index in [1.165, 1.54) is 12.1 Å². The van der Waals surface area contributed by atoms with Gasteiger partial charge in [0.2, 0.25) is 5.75 Å². The molecular formula is C13H11ClN4O4. The van der Waals surface area contributed by atoms with E-state index >= 15 is 0 Å². The third kappa shape index (κ3) is 3.07. The fraction of sp³-hybridized carbons (Fsp3) is 0.0769. The van der Waals surface area contributed by atoms with Gasteiger partial charge < -0.3 is 10.8 Å². The van der Waals surface area contributed by atoms with Crippen LogP contribution in [0.2, 0.25) is 5.02 Å². The first-order chi connectivity index (χ1) is 10.3. The summed E-state index contributed by atoms with van der Waals surface area (Å²) in [6, 6.07) is 5.16. The summed E-state index contributed by atoms with van der Waals surface area (Å²) in [5.74, 6) is -0.505. The number of aromatic hydroxyl groups is 1. The Morgan fingerprint density at radius 2 is 2.09 bits per heavy atom. The maximum Gasteiger partial charge on any atom is 0.312 e. The van der Waals surface area contributed by atoms with Crippen molar-refractivity contribution in [3.63, 3.8) is 0 Å². The number of benzene rings is 1. The van der Waals surface area contributed by atoms with E-state index in [0.29, 0.717) is 5.56 Å². The smallest absolute Gasteiger partial charge is 0.312 e. The van der Waals surface area contributed by atoms with E-state index in [2.05, 4.69) is 5.10 Å². The zero-order valence-corrected chi connectivity index (χ0v) is 12.1. The quantitative estimate of drug-likeness (QED) is 0.507. The second-order valence-electron chi connectivity index (χ2n) is 4.47. The van der Waals surface area contributed by atoms with Crippen LogP contribution >= 0.6 is 11.6 Å². The number of rotatable bonds is 3. The molecule has 0 aliphatic heterocycles. The second-order valence-corrected chi connectivity index (χ2v) is 4.91. The molecule has 0 fully saturated rings. The van der Waals surface area contributed by atoms with Gasteiger partial charge in [-0.1, -0.05) is 11.6 Å². The fourth-order valence-electron chi connectivity index (χ4n) is 1.81. The second kappa shape index (κ2) is 5.86. The normalized spacial score (nSPS) is 11.0. The van der Waals surface area contributed by atoms with Crippen LogP contribution in [0.15, 0.2) is 34.2 Å². The van der Waals surface area contributed by atoms with E-state index in [0.717, 1.165) is 17.0 Å². The molecule has 0 unspecified atom stereocenters. The maximum atomic E-state index is 11.8. The maximum absolute atomic E-state index is 11.8. The van der Waals surface area contributed by atoms with Gasteiger partial charge in [0.05, 0.1) is 11.1 Å². The van der Waals surface area contributed by atoms with Gasteiger partial charge in [-0.05, 0) is 24.6 Å². The molecule has 2 aromatic rings. The standard InChI is InChI=1S/C13H11ClN4O4/c1-7-2-11(15)17(12(19)3-7)16-6-8-4-9(14)5-10(13(8)20)18(21)22/h2-6,20H,15H2,1H3/b16-6+. The Hall–Kier alpha value is -2.87. The monoisotopic (exact) mass is 322 g/mol. The molecular weight excluding hydrogens is 312 g/mol. The molecule has 1 aromatic heterocycles. The van der Waals surface area contributed by atoms with E-state index in [1.807, 2.05) is 0 Å². The number of halogens is 1. The zero-order valence-electron chi connectivity index (χ0n) is 11.4. The zero-order chi connectivity index (χ0) is 16.4. The summed E-state index contributed by atoms with van der Waals surface area (Å²) in [5, 5.41) is 24.5. The number of phenols is 1. The molecule has 9 heteroatoms. The number of nitrogens with two attached hydrogens (primary N) is 1. The van der Waals surface area contributed by atoms with Crippen LogP contribution in [-0.4, -0.2) is 20.9 Å². The lowest BCUT2D eigenvalue weighted by molar-refractivity contribution is -0.385. The van der Waals surface area contributed by atoms with Crippen LogP contribution in [0.25, 0.3) is 0 Å². The van der Waals surface area contributed by atoms with Gasteiger partial charge in [-0.25, -0.2) is 0 Å². The highest BCUT2D eigenvalue weighted by molar-refractivity contribution is 6.31. The molecule has 2 rings (SSSR count). The Balaban J connectivity index is 2.52. The fourth-order valence-corrected chi connectivity index (χ4v) is 2.03. The summed E-state index contributed by atoms with van der Waals surface area (Å²) in [4.78, 5) is 21.8. The molecule has 0 spiro atoms. The molecule has 0 atom stereocenters. The van der Waals surface area contributed by atoms with Crippen LogP contribution in [0.5, 0.6) is 5.75 Å². The van der Waals surface area contributed by atoms with Crippen LogP contribution < -0.4 is 11.3 Å². The van der Waals surface area contributed by atoms with Crippen molar-refractivity contribution in [3.8, 4) is 5.75 Å². The van der Waals surface area contributed by atoms with Crippen molar-refractivity contribution < 1.29 is 10.0 Å². The van der Waals surface area contributed by atoms with Crippen molar-refractivity contribution in [1.82, 2.24) is 4.68 Å². The first kappa shape index (κ1) is 15.5. The highest BCUT2D eigenvalue weighted by atomic mass is 35.5. The molecule has 22 heavy (non-hydrogen) atoms. The number of phenolic OH excluding ortho intramolecular Hbond substituents is 1. The Kier molecular flexibility index (Phi) is 4.13. The van der Waals surface area contributed by atoms with Gasteiger partial charge in [0.15, 0.2) is 0 Å². The Labute approximate surface area is 129 Å². The molecule has 0 bridgehead atoms. The first-order valence-corrected chi connectivity index (χ1v) is 6.38. The van der Waals surface area contributed by atoms with E-state index in [-0.39, 0.29) is 16.4 Å². The molecule has 0 radical (unpaired) electrons. The average molecular weight is 323 g/mol. The van der Waals surface area contributed by atoms with Crippen LogP contribution in [-0.2, 0) is 0 Å². The van der Waals surface area contributed by atoms with Gasteiger partial charge >= 0.3 is 5.69 Å². The summed E-state index contributed by atoms with van der Waals surface area (Å²) in [5.41, 5.74) is 5.33. The summed E-state index contributed by atoms with van der Waals surface area (Å²) < 4.78 is 0.902. The molecule has 0 saturated heterocycles. The highest BCUT2D eigenvalue weighted by Gasteiger charge is 2.17. The number of hydrogen-bond acceptors (Lipinski definition) is 6. The topological polar surface area (TPSA) is 124 Å². The van der Waals surface area contributed by atoms with Gasteiger partial charge in [0, 0.05) is 22.7 Å². The van der Waals surface area contributed by atoms with Crippen LogP contribution in [0.3, 0.4) is 0 Å². The molecule has 0 aliphatic carbocycles. The Morgan fingerprint density at radius 3 is 2.68 bits per heavy atom. The lowest BCUT2D eigenvalue weighted by Crippen LogP contribution is -2.19. The average Bonchev–Trinajstić information content (AvgIpc) is 2.40. The third-order valence-corrected chi connectivity index (χ3v) is 2.99. The summed E-state index contributed by atoms with van der Waals surface area (Å²) in [6.07, 6.45) is 1.07. The van der Waals surface area contributed by atoms with E-state index in [4.69, 9.17) is 17.3 Å². The van der Waals surface area contributed by atoms with E-state index in [9.17, 15) is 20.0 Å². The van der Waals surface area contributed by atoms with Crippen molar-refractivity contribution in [3.05, 3.63) is 60.9 Å². The molecule has 114 valence electrons. The molecule has 1 aromatic carbocycles. The molecule has 3 N–H and O–H groups in total. The number of nitrogens with zero attached hydrogens (tertiary/aromatic N) is 3. The predicted octanol–water partition coefficient (Wildman–Crippen LogP) is 1.89.